The van der Waals surface area contributed by atoms with E-state index in [0.717, 1.165) is 6.42 Å². The van der Waals surface area contributed by atoms with Crippen LogP contribution >= 0.6 is 0 Å². The largest absolute Gasteiger partial charge is 0.399 e. The fourth-order valence-corrected chi connectivity index (χ4v) is 0.756. The SMILES string of the molecule is CO/N=C/C=C\C(=O)N/C=C\CC(C)C. The van der Waals surface area contributed by atoms with Crippen LogP contribution in [0, 0.1) is 5.92 Å². The molecule has 4 heteroatoms. The van der Waals surface area contributed by atoms with Gasteiger partial charge < -0.3 is 10.2 Å². The van der Waals surface area contributed by atoms with Crippen molar-refractivity contribution in [1.82, 2.24) is 5.32 Å². The molecule has 84 valence electrons. The van der Waals surface area contributed by atoms with Crippen molar-refractivity contribution in [1.29, 1.82) is 0 Å². The number of hydrogen-bond donors (Lipinski definition) is 1. The summed E-state index contributed by atoms with van der Waals surface area (Å²) >= 11 is 0. The van der Waals surface area contributed by atoms with E-state index in [-0.39, 0.29) is 5.91 Å². The molecule has 0 radical (unpaired) electrons. The Morgan fingerprint density at radius 3 is 2.87 bits per heavy atom. The van der Waals surface area contributed by atoms with Gasteiger partial charge in [0, 0.05) is 12.3 Å². The van der Waals surface area contributed by atoms with Crippen molar-refractivity contribution in [2.24, 2.45) is 11.1 Å². The van der Waals surface area contributed by atoms with Crippen molar-refractivity contribution < 1.29 is 9.63 Å². The van der Waals surface area contributed by atoms with Crippen molar-refractivity contribution in [2.75, 3.05) is 7.11 Å². The Morgan fingerprint density at radius 1 is 1.53 bits per heavy atom. The number of carbonyl (C=O) groups is 1. The maximum absolute atomic E-state index is 11.1. The maximum atomic E-state index is 11.1. The van der Waals surface area contributed by atoms with E-state index in [1.54, 1.807) is 6.20 Å². The molecule has 4 nitrogen and oxygen atoms in total. The highest BCUT2D eigenvalue weighted by Gasteiger charge is 1.89. The topological polar surface area (TPSA) is 50.7 Å². The molecule has 0 atom stereocenters. The molecule has 0 aromatic carbocycles. The average molecular weight is 210 g/mol. The fraction of sp³-hybridized carbons (Fsp3) is 0.455. The highest BCUT2D eigenvalue weighted by Crippen LogP contribution is 1.98. The van der Waals surface area contributed by atoms with E-state index < -0.39 is 0 Å². The van der Waals surface area contributed by atoms with Crippen LogP contribution in [-0.2, 0) is 9.63 Å². The maximum Gasteiger partial charge on any atom is 0.247 e. The molecule has 0 bridgehead atoms. The van der Waals surface area contributed by atoms with Gasteiger partial charge in [0.25, 0.3) is 0 Å². The highest BCUT2D eigenvalue weighted by atomic mass is 16.6. The number of carbonyl (C=O) groups excluding carboxylic acids is 1. The smallest absolute Gasteiger partial charge is 0.247 e. The third kappa shape index (κ3) is 10.3. The molecule has 0 unspecified atom stereocenters. The van der Waals surface area contributed by atoms with Crippen LogP contribution in [0.2, 0.25) is 0 Å². The van der Waals surface area contributed by atoms with E-state index in [1.807, 2.05) is 6.08 Å². The Morgan fingerprint density at radius 2 is 2.27 bits per heavy atom. The molecular weight excluding hydrogens is 192 g/mol. The van der Waals surface area contributed by atoms with Crippen LogP contribution in [-0.4, -0.2) is 19.2 Å². The molecule has 0 aliphatic carbocycles. The third-order valence-corrected chi connectivity index (χ3v) is 1.45. The summed E-state index contributed by atoms with van der Waals surface area (Å²) in [6.07, 6.45) is 8.82. The Labute approximate surface area is 90.7 Å². The summed E-state index contributed by atoms with van der Waals surface area (Å²) in [4.78, 5) is 15.5. The minimum atomic E-state index is -0.183. The van der Waals surface area contributed by atoms with Crippen LogP contribution in [0.15, 0.2) is 29.6 Å². The summed E-state index contributed by atoms with van der Waals surface area (Å²) in [5, 5.41) is 6.06. The predicted octanol–water partition coefficient (Wildman–Crippen LogP) is 1.85. The highest BCUT2D eigenvalue weighted by molar-refractivity contribution is 5.92. The van der Waals surface area contributed by atoms with E-state index in [4.69, 9.17) is 0 Å². The van der Waals surface area contributed by atoms with E-state index in [2.05, 4.69) is 29.2 Å². The van der Waals surface area contributed by atoms with Crippen molar-refractivity contribution in [3.8, 4) is 0 Å². The first-order valence-corrected chi connectivity index (χ1v) is 4.85. The van der Waals surface area contributed by atoms with Gasteiger partial charge in [0.2, 0.25) is 5.91 Å². The number of hydrogen-bond acceptors (Lipinski definition) is 3. The molecular formula is C11H18N2O2. The van der Waals surface area contributed by atoms with Gasteiger partial charge in [-0.3, -0.25) is 4.79 Å². The number of rotatable bonds is 6. The van der Waals surface area contributed by atoms with Crippen LogP contribution in [0.5, 0.6) is 0 Å². The number of allylic oxidation sites excluding steroid dienone is 2. The summed E-state index contributed by atoms with van der Waals surface area (Å²) in [6.45, 7) is 4.24. The molecule has 15 heavy (non-hydrogen) atoms. The minimum Gasteiger partial charge on any atom is -0.399 e. The quantitative estimate of drug-likeness (QED) is 0.413. The second kappa shape index (κ2) is 8.99. The molecule has 0 rings (SSSR count). The number of amides is 1. The first-order valence-electron chi connectivity index (χ1n) is 4.85. The third-order valence-electron chi connectivity index (χ3n) is 1.45. The molecule has 0 aromatic heterocycles. The zero-order chi connectivity index (χ0) is 11.5. The summed E-state index contributed by atoms with van der Waals surface area (Å²) in [5.41, 5.74) is 0. The normalized spacial score (nSPS) is 12.0. The van der Waals surface area contributed by atoms with Crippen LogP contribution in [0.25, 0.3) is 0 Å². The summed E-state index contributed by atoms with van der Waals surface area (Å²) in [5.74, 6) is 0.417. The van der Waals surface area contributed by atoms with Gasteiger partial charge in [-0.25, -0.2) is 0 Å². The van der Waals surface area contributed by atoms with Crippen LogP contribution in [0.3, 0.4) is 0 Å². The Balaban J connectivity index is 3.70. The van der Waals surface area contributed by atoms with E-state index >= 15 is 0 Å². The molecule has 1 N–H and O–H groups in total. The van der Waals surface area contributed by atoms with Gasteiger partial charge in [0.1, 0.15) is 7.11 Å². The monoisotopic (exact) mass is 210 g/mol. The summed E-state index contributed by atoms with van der Waals surface area (Å²) in [6, 6.07) is 0. The van der Waals surface area contributed by atoms with Crippen LogP contribution in [0.4, 0.5) is 0 Å². The zero-order valence-electron chi connectivity index (χ0n) is 9.43. The Hall–Kier alpha value is -1.58. The van der Waals surface area contributed by atoms with Gasteiger partial charge >= 0.3 is 0 Å². The Kier molecular flexibility index (Phi) is 8.05. The predicted molar refractivity (Wildman–Crippen MR) is 61.4 cm³/mol. The van der Waals surface area contributed by atoms with Crippen LogP contribution in [0.1, 0.15) is 20.3 Å². The number of nitrogens with zero attached hydrogens (tertiary/aromatic N) is 1. The standard InChI is InChI=1S/C11H18N2O2/c1-10(2)6-4-8-12-11(14)7-5-9-13-15-3/h4-5,7-10H,6H2,1-3H3,(H,12,14)/b7-5-,8-4-,13-9+. The first kappa shape index (κ1) is 13.4. The molecule has 0 aromatic rings. The van der Waals surface area contributed by atoms with E-state index in [9.17, 15) is 4.79 Å². The van der Waals surface area contributed by atoms with Gasteiger partial charge in [-0.2, -0.15) is 0 Å². The summed E-state index contributed by atoms with van der Waals surface area (Å²) < 4.78 is 0. The molecule has 0 aliphatic heterocycles. The first-order chi connectivity index (χ1) is 7.16. The van der Waals surface area contributed by atoms with E-state index in [1.165, 1.54) is 25.5 Å². The van der Waals surface area contributed by atoms with Crippen LogP contribution < -0.4 is 5.32 Å². The zero-order valence-corrected chi connectivity index (χ0v) is 9.43. The van der Waals surface area contributed by atoms with Gasteiger partial charge in [0.05, 0.1) is 6.21 Å². The lowest BCUT2D eigenvalue weighted by atomic mass is 10.1. The molecule has 0 saturated heterocycles. The fourth-order valence-electron chi connectivity index (χ4n) is 0.756. The molecule has 0 spiro atoms. The summed E-state index contributed by atoms with van der Waals surface area (Å²) in [7, 11) is 1.44. The molecule has 0 aliphatic rings. The van der Waals surface area contributed by atoms with Gasteiger partial charge in [-0.1, -0.05) is 25.1 Å². The molecule has 0 heterocycles. The second-order valence-electron chi connectivity index (χ2n) is 3.34. The van der Waals surface area contributed by atoms with Gasteiger partial charge in [0.15, 0.2) is 0 Å². The average Bonchev–Trinajstić information content (AvgIpc) is 2.19. The van der Waals surface area contributed by atoms with Crippen molar-refractivity contribution in [2.45, 2.75) is 20.3 Å². The van der Waals surface area contributed by atoms with Crippen molar-refractivity contribution in [3.63, 3.8) is 0 Å². The van der Waals surface area contributed by atoms with Crippen molar-refractivity contribution in [3.05, 3.63) is 24.4 Å². The molecule has 0 saturated carbocycles. The van der Waals surface area contributed by atoms with E-state index in [0.29, 0.717) is 5.92 Å². The number of nitrogens with one attached hydrogen (secondary N) is 1. The lowest BCUT2D eigenvalue weighted by Gasteiger charge is -1.96. The molecule has 1 amide bonds. The van der Waals surface area contributed by atoms with Crippen molar-refractivity contribution >= 4 is 12.1 Å². The lowest BCUT2D eigenvalue weighted by Crippen LogP contribution is -2.13. The van der Waals surface area contributed by atoms with Gasteiger partial charge in [-0.15, -0.1) is 0 Å². The van der Waals surface area contributed by atoms with Gasteiger partial charge in [-0.05, 0) is 18.4 Å². The minimum absolute atomic E-state index is 0.183. The number of oxime groups is 1. The second-order valence-corrected chi connectivity index (χ2v) is 3.34. The molecule has 0 fully saturated rings. The lowest BCUT2D eigenvalue weighted by molar-refractivity contribution is -0.115. The Bertz CT molecular complexity index is 255.